The lowest BCUT2D eigenvalue weighted by atomic mass is 10.2. The Bertz CT molecular complexity index is 628. The van der Waals surface area contributed by atoms with Crippen molar-refractivity contribution in [2.75, 3.05) is 0 Å². The van der Waals surface area contributed by atoms with Crippen molar-refractivity contribution in [2.24, 2.45) is 0 Å². The minimum absolute atomic E-state index is 0.0612. The van der Waals surface area contributed by atoms with Crippen LogP contribution in [0.2, 0.25) is 0 Å². The SMILES string of the molecule is N#Cc1ccc(Br)cc1-n1cnc(C(=O)O)c1. The third-order valence-corrected chi connectivity index (χ3v) is 2.65. The van der Waals surface area contributed by atoms with E-state index in [9.17, 15) is 4.79 Å². The molecule has 0 spiro atoms. The molecule has 6 heteroatoms. The molecule has 0 saturated carbocycles. The molecule has 0 atom stereocenters. The number of rotatable bonds is 2. The van der Waals surface area contributed by atoms with Crippen LogP contribution in [0.25, 0.3) is 5.69 Å². The van der Waals surface area contributed by atoms with Crippen LogP contribution in [0.4, 0.5) is 0 Å². The first kappa shape index (κ1) is 11.4. The van der Waals surface area contributed by atoms with E-state index < -0.39 is 5.97 Å². The van der Waals surface area contributed by atoms with Gasteiger partial charge in [0.1, 0.15) is 12.4 Å². The number of aromatic nitrogens is 2. The number of hydrogen-bond acceptors (Lipinski definition) is 3. The molecule has 2 aromatic rings. The van der Waals surface area contributed by atoms with Gasteiger partial charge in [-0.3, -0.25) is 0 Å². The van der Waals surface area contributed by atoms with E-state index in [1.54, 1.807) is 18.2 Å². The molecule has 2 rings (SSSR count). The number of imidazole rings is 1. The first-order valence-electron chi connectivity index (χ1n) is 4.59. The maximum Gasteiger partial charge on any atom is 0.356 e. The lowest BCUT2D eigenvalue weighted by Crippen LogP contribution is -1.97. The Labute approximate surface area is 105 Å². The first-order valence-corrected chi connectivity index (χ1v) is 5.38. The van der Waals surface area contributed by atoms with Crippen LogP contribution in [-0.2, 0) is 0 Å². The zero-order chi connectivity index (χ0) is 12.4. The molecule has 0 unspecified atom stereocenters. The zero-order valence-electron chi connectivity index (χ0n) is 8.46. The van der Waals surface area contributed by atoms with Crippen molar-refractivity contribution in [3.63, 3.8) is 0 Å². The summed E-state index contributed by atoms with van der Waals surface area (Å²) >= 11 is 3.30. The molecule has 0 radical (unpaired) electrons. The molecule has 0 bridgehead atoms. The van der Waals surface area contributed by atoms with Crippen molar-refractivity contribution < 1.29 is 9.90 Å². The fraction of sp³-hybridized carbons (Fsp3) is 0. The quantitative estimate of drug-likeness (QED) is 0.920. The molecule has 5 nitrogen and oxygen atoms in total. The summed E-state index contributed by atoms with van der Waals surface area (Å²) in [4.78, 5) is 14.5. The predicted octanol–water partition coefficient (Wildman–Crippen LogP) is 2.20. The predicted molar refractivity (Wildman–Crippen MR) is 62.9 cm³/mol. The van der Waals surface area contributed by atoms with Gasteiger partial charge in [0, 0.05) is 10.7 Å². The lowest BCUT2D eigenvalue weighted by molar-refractivity contribution is 0.0691. The van der Waals surface area contributed by atoms with E-state index in [0.29, 0.717) is 11.3 Å². The minimum atomic E-state index is -1.10. The Kier molecular flexibility index (Phi) is 2.93. The van der Waals surface area contributed by atoms with Crippen LogP contribution in [-0.4, -0.2) is 20.6 Å². The molecular formula is C11H6BrN3O2. The number of carboxylic acid groups (broad SMARTS) is 1. The third-order valence-electron chi connectivity index (χ3n) is 2.16. The third kappa shape index (κ3) is 2.19. The normalized spacial score (nSPS) is 9.88. The smallest absolute Gasteiger partial charge is 0.356 e. The first-order chi connectivity index (χ1) is 8.11. The van der Waals surface area contributed by atoms with Gasteiger partial charge in [0.2, 0.25) is 0 Å². The summed E-state index contributed by atoms with van der Waals surface area (Å²) in [5.41, 5.74) is 0.971. The van der Waals surface area contributed by atoms with E-state index >= 15 is 0 Å². The van der Waals surface area contributed by atoms with Gasteiger partial charge in [0.15, 0.2) is 5.69 Å². The highest BCUT2D eigenvalue weighted by atomic mass is 79.9. The molecule has 0 saturated heterocycles. The minimum Gasteiger partial charge on any atom is -0.476 e. The van der Waals surface area contributed by atoms with E-state index in [4.69, 9.17) is 10.4 Å². The average molecular weight is 292 g/mol. The molecule has 0 aliphatic carbocycles. The number of carbonyl (C=O) groups is 1. The number of carboxylic acids is 1. The van der Waals surface area contributed by atoms with Gasteiger partial charge < -0.3 is 9.67 Å². The van der Waals surface area contributed by atoms with Crippen LogP contribution in [0.5, 0.6) is 0 Å². The van der Waals surface area contributed by atoms with Crippen molar-refractivity contribution in [2.45, 2.75) is 0 Å². The Morgan fingerprint density at radius 2 is 2.29 bits per heavy atom. The molecule has 0 aliphatic rings. The maximum absolute atomic E-state index is 10.7. The molecule has 1 heterocycles. The van der Waals surface area contributed by atoms with Crippen LogP contribution >= 0.6 is 15.9 Å². The van der Waals surface area contributed by atoms with Crippen molar-refractivity contribution in [3.05, 3.63) is 46.5 Å². The number of halogens is 1. The van der Waals surface area contributed by atoms with Crippen molar-refractivity contribution in [1.82, 2.24) is 9.55 Å². The second-order valence-electron chi connectivity index (χ2n) is 3.24. The second kappa shape index (κ2) is 4.39. The van der Waals surface area contributed by atoms with E-state index in [2.05, 4.69) is 20.9 Å². The van der Waals surface area contributed by atoms with Crippen LogP contribution in [0.3, 0.4) is 0 Å². The summed E-state index contributed by atoms with van der Waals surface area (Å²) in [5.74, 6) is -1.10. The van der Waals surface area contributed by atoms with Crippen LogP contribution in [0.1, 0.15) is 16.1 Å². The summed E-state index contributed by atoms with van der Waals surface area (Å²) in [6, 6.07) is 7.17. The van der Waals surface area contributed by atoms with Crippen molar-refractivity contribution in [1.29, 1.82) is 5.26 Å². The molecule has 1 aromatic carbocycles. The Balaban J connectivity index is 2.56. The van der Waals surface area contributed by atoms with Crippen LogP contribution in [0, 0.1) is 11.3 Å². The highest BCUT2D eigenvalue weighted by Crippen LogP contribution is 2.20. The molecule has 17 heavy (non-hydrogen) atoms. The lowest BCUT2D eigenvalue weighted by Gasteiger charge is -2.04. The Morgan fingerprint density at radius 3 is 2.88 bits per heavy atom. The number of aromatic carboxylic acids is 1. The van der Waals surface area contributed by atoms with Gasteiger partial charge in [0.25, 0.3) is 0 Å². The van der Waals surface area contributed by atoms with Gasteiger partial charge in [-0.15, -0.1) is 0 Å². The molecular weight excluding hydrogens is 286 g/mol. The van der Waals surface area contributed by atoms with Crippen molar-refractivity contribution >= 4 is 21.9 Å². The zero-order valence-corrected chi connectivity index (χ0v) is 10.0. The molecule has 0 fully saturated rings. The van der Waals surface area contributed by atoms with E-state index in [-0.39, 0.29) is 5.69 Å². The second-order valence-corrected chi connectivity index (χ2v) is 4.16. The van der Waals surface area contributed by atoms with Crippen molar-refractivity contribution in [3.8, 4) is 11.8 Å². The highest BCUT2D eigenvalue weighted by Gasteiger charge is 2.10. The van der Waals surface area contributed by atoms with Crippen LogP contribution < -0.4 is 0 Å². The summed E-state index contributed by atoms with van der Waals surface area (Å²) in [7, 11) is 0. The number of benzene rings is 1. The number of nitriles is 1. The number of nitrogens with zero attached hydrogens (tertiary/aromatic N) is 3. The topological polar surface area (TPSA) is 78.9 Å². The van der Waals surface area contributed by atoms with Crippen LogP contribution in [0.15, 0.2) is 35.2 Å². The molecule has 0 amide bonds. The Hall–Kier alpha value is -2.13. The summed E-state index contributed by atoms with van der Waals surface area (Å²) in [5, 5.41) is 17.7. The largest absolute Gasteiger partial charge is 0.476 e. The van der Waals surface area contributed by atoms with Gasteiger partial charge in [-0.1, -0.05) is 15.9 Å². The highest BCUT2D eigenvalue weighted by molar-refractivity contribution is 9.10. The monoisotopic (exact) mass is 291 g/mol. The van der Waals surface area contributed by atoms with Gasteiger partial charge in [0.05, 0.1) is 11.3 Å². The molecule has 84 valence electrons. The Morgan fingerprint density at radius 1 is 1.53 bits per heavy atom. The summed E-state index contributed by atoms with van der Waals surface area (Å²) in [6.45, 7) is 0. The summed E-state index contributed by atoms with van der Waals surface area (Å²) < 4.78 is 2.31. The molecule has 1 N–H and O–H groups in total. The van der Waals surface area contributed by atoms with Gasteiger partial charge in [-0.2, -0.15) is 5.26 Å². The number of hydrogen-bond donors (Lipinski definition) is 1. The van der Waals surface area contributed by atoms with E-state index in [1.165, 1.54) is 17.1 Å². The maximum atomic E-state index is 10.7. The van der Waals surface area contributed by atoms with Gasteiger partial charge in [-0.25, -0.2) is 9.78 Å². The summed E-state index contributed by atoms with van der Waals surface area (Å²) in [6.07, 6.45) is 2.73. The average Bonchev–Trinajstić information content (AvgIpc) is 2.78. The molecule has 1 aromatic heterocycles. The standard InChI is InChI=1S/C11H6BrN3O2/c12-8-2-1-7(4-13)10(3-8)15-5-9(11(16)17)14-6-15/h1-3,5-6H,(H,16,17). The fourth-order valence-corrected chi connectivity index (χ4v) is 1.73. The van der Waals surface area contributed by atoms with E-state index in [0.717, 1.165) is 4.47 Å². The van der Waals surface area contributed by atoms with Gasteiger partial charge in [-0.05, 0) is 18.2 Å². The fourth-order valence-electron chi connectivity index (χ4n) is 1.38. The molecule has 0 aliphatic heterocycles. The van der Waals surface area contributed by atoms with Gasteiger partial charge >= 0.3 is 5.97 Å². The van der Waals surface area contributed by atoms with E-state index in [1.807, 2.05) is 6.07 Å².